The number of nitrogens with two attached hydrogens (primary N) is 4. The van der Waals surface area contributed by atoms with Crippen LogP contribution in [0, 0.1) is 47.4 Å². The molecule has 8 aromatic carbocycles. The molecule has 0 saturated heterocycles. The Kier molecular flexibility index (Phi) is 13.6. The van der Waals surface area contributed by atoms with E-state index in [1.165, 1.54) is 0 Å². The van der Waals surface area contributed by atoms with E-state index in [9.17, 15) is 0 Å². The second-order valence-electron chi connectivity index (χ2n) is 16.8. The summed E-state index contributed by atoms with van der Waals surface area (Å²) in [5.74, 6) is 28.0. The van der Waals surface area contributed by atoms with Crippen molar-refractivity contribution in [3.8, 4) is 47.4 Å². The van der Waals surface area contributed by atoms with Gasteiger partial charge in [-0.2, -0.15) is 0 Å². The van der Waals surface area contributed by atoms with Gasteiger partial charge in [0.15, 0.2) is 23.3 Å². The highest BCUT2D eigenvalue weighted by atomic mass is 15.3. The number of amidine groups is 4. The highest BCUT2D eigenvalue weighted by Crippen LogP contribution is 2.25. The van der Waals surface area contributed by atoms with Gasteiger partial charge in [0, 0.05) is 90.0 Å². The molecule has 0 unspecified atom stereocenters. The van der Waals surface area contributed by atoms with Crippen LogP contribution in [-0.2, 0) is 0 Å². The van der Waals surface area contributed by atoms with Crippen LogP contribution in [0.2, 0.25) is 0 Å². The lowest BCUT2D eigenvalue weighted by atomic mass is 10.1. The first-order chi connectivity index (χ1) is 36.2. The van der Waals surface area contributed by atoms with Crippen molar-refractivity contribution in [3.05, 3.63) is 250 Å². The van der Waals surface area contributed by atoms with Crippen LogP contribution in [0.15, 0.2) is 226 Å². The predicted octanol–water partition coefficient (Wildman–Crippen LogP) is 10.1. The highest BCUT2D eigenvalue weighted by Gasteiger charge is 2.26. The molecule has 0 aliphatic carbocycles. The largest absolute Gasteiger partial charge is 0.399 e. The van der Waals surface area contributed by atoms with E-state index in [1.807, 2.05) is 194 Å². The second kappa shape index (κ2) is 21.6. The molecule has 0 radical (unpaired) electrons. The van der Waals surface area contributed by atoms with Crippen molar-refractivity contribution < 1.29 is 0 Å². The van der Waals surface area contributed by atoms with Crippen LogP contribution in [0.4, 0.5) is 45.5 Å². The first-order valence-corrected chi connectivity index (χ1v) is 23.3. The molecule has 0 aromatic heterocycles. The van der Waals surface area contributed by atoms with Crippen molar-refractivity contribution in [2.45, 2.75) is 0 Å². The molecule has 12 heteroatoms. The van der Waals surface area contributed by atoms with E-state index < -0.39 is 0 Å². The van der Waals surface area contributed by atoms with Crippen LogP contribution < -0.4 is 44.2 Å². The number of nitrogens with one attached hydrogen (secondary N) is 4. The van der Waals surface area contributed by atoms with Crippen molar-refractivity contribution >= 4 is 68.8 Å². The Morgan fingerprint density at radius 3 is 0.527 bits per heavy atom. The van der Waals surface area contributed by atoms with Gasteiger partial charge < -0.3 is 44.2 Å². The molecule has 8 aromatic rings. The Morgan fingerprint density at radius 1 is 0.216 bits per heavy atom. The smallest absolute Gasteiger partial charge is 0.202 e. The average molecular weight is 957 g/mol. The molecule has 0 spiro atoms. The van der Waals surface area contributed by atoms with Gasteiger partial charge in [0.05, 0.1) is 0 Å². The average Bonchev–Trinajstić information content (AvgIpc) is 4.02. The van der Waals surface area contributed by atoms with Crippen LogP contribution >= 0.6 is 0 Å². The van der Waals surface area contributed by atoms with E-state index >= 15 is 0 Å². The molecule has 352 valence electrons. The number of rotatable bonds is 4. The Balaban J connectivity index is 0.953. The number of anilines is 8. The standard InChI is InChI=1S/C62H44N12/c63-49-25-9-41(10-26-49)1-5-45-17-33-53(34-18-45)67-57-58(68-54-35-19-46(20-36-54)6-2-42-11-27-50(64)28-12-42)72-61(71-57)62-73-59(69-55-37-21-47(22-38-55)7-3-43-13-29-51(65)30-14-43)60(74-62)70-56-39-23-48(24-40-56)8-4-44-15-31-52(66)32-16-44/h9-40H,63-66H2,(H,67,71)(H,68,72)(H,69,73)(H,70,74). The summed E-state index contributed by atoms with van der Waals surface area (Å²) < 4.78 is 0. The fraction of sp³-hybridized carbons (Fsp3) is 0. The minimum absolute atomic E-state index is 0.282. The maximum absolute atomic E-state index is 5.86. The van der Waals surface area contributed by atoms with Gasteiger partial charge in [0.2, 0.25) is 11.6 Å². The van der Waals surface area contributed by atoms with Gasteiger partial charge in [-0.1, -0.05) is 47.4 Å². The normalized spacial score (nSPS) is 12.1. The minimum Gasteiger partial charge on any atom is -0.399 e. The SMILES string of the molecule is Nc1ccc(C#Cc2ccc(NC3=NC(=C4N=C(Nc5ccc(C#Cc6ccc(N)cc6)cc5)C(Nc5ccc(C#Cc6ccc(N)cc6)cc5)=N4)N=C3Nc3ccc(C#Cc4ccc(N)cc4)cc3)cc2)cc1. The van der Waals surface area contributed by atoms with Crippen molar-refractivity contribution in [2.24, 2.45) is 20.0 Å². The number of hydrogen-bond acceptors (Lipinski definition) is 12. The van der Waals surface area contributed by atoms with Crippen LogP contribution in [0.1, 0.15) is 44.5 Å². The van der Waals surface area contributed by atoms with Crippen LogP contribution in [-0.4, -0.2) is 23.3 Å². The van der Waals surface area contributed by atoms with E-state index in [0.717, 1.165) is 67.3 Å². The van der Waals surface area contributed by atoms with Gasteiger partial charge in [-0.25, -0.2) is 20.0 Å². The van der Waals surface area contributed by atoms with Gasteiger partial charge in [-0.3, -0.25) is 0 Å². The first kappa shape index (κ1) is 46.5. The Morgan fingerprint density at radius 2 is 0.365 bits per heavy atom. The van der Waals surface area contributed by atoms with E-state index in [0.29, 0.717) is 46.1 Å². The molecule has 0 amide bonds. The molecule has 2 heterocycles. The maximum Gasteiger partial charge on any atom is 0.202 e. The molecular formula is C62H44N12. The molecular weight excluding hydrogens is 913 g/mol. The van der Waals surface area contributed by atoms with Gasteiger partial charge in [-0.05, 0) is 194 Å². The van der Waals surface area contributed by atoms with Gasteiger partial charge >= 0.3 is 0 Å². The molecule has 12 N–H and O–H groups in total. The number of hydrogen-bond donors (Lipinski definition) is 8. The fourth-order valence-electron chi connectivity index (χ4n) is 7.17. The van der Waals surface area contributed by atoms with Gasteiger partial charge in [0.1, 0.15) is 0 Å². The molecule has 2 aliphatic rings. The number of nitrogens with zero attached hydrogens (tertiary/aromatic N) is 4. The van der Waals surface area contributed by atoms with Crippen LogP contribution in [0.5, 0.6) is 0 Å². The van der Waals surface area contributed by atoms with E-state index in [1.54, 1.807) is 0 Å². The van der Waals surface area contributed by atoms with Gasteiger partial charge in [0.25, 0.3) is 0 Å². The number of aliphatic imine (C=N–C) groups is 4. The molecule has 10 rings (SSSR count). The molecule has 2 aliphatic heterocycles. The lowest BCUT2D eigenvalue weighted by Gasteiger charge is -2.11. The molecule has 74 heavy (non-hydrogen) atoms. The topological polar surface area (TPSA) is 202 Å². The van der Waals surface area contributed by atoms with Gasteiger partial charge in [-0.15, -0.1) is 0 Å². The third-order valence-electron chi connectivity index (χ3n) is 11.2. The first-order valence-electron chi connectivity index (χ1n) is 23.3. The number of nitrogen functional groups attached to an aromatic ring is 4. The molecule has 0 bridgehead atoms. The molecule has 0 fully saturated rings. The summed E-state index contributed by atoms with van der Waals surface area (Å²) in [7, 11) is 0. The third kappa shape index (κ3) is 12.3. The van der Waals surface area contributed by atoms with Crippen molar-refractivity contribution in [1.29, 1.82) is 0 Å². The number of benzene rings is 8. The van der Waals surface area contributed by atoms with E-state index in [4.69, 9.17) is 42.9 Å². The zero-order valence-electron chi connectivity index (χ0n) is 39.6. The Bertz CT molecular complexity index is 3300. The molecule has 0 saturated carbocycles. The van der Waals surface area contributed by atoms with Crippen molar-refractivity contribution in [3.63, 3.8) is 0 Å². The quantitative estimate of drug-likeness (QED) is 0.0629. The summed E-state index contributed by atoms with van der Waals surface area (Å²) in [6.45, 7) is 0. The summed E-state index contributed by atoms with van der Waals surface area (Å²) in [5, 5.41) is 13.8. The highest BCUT2D eigenvalue weighted by molar-refractivity contribution is 6.51. The zero-order valence-corrected chi connectivity index (χ0v) is 39.6. The van der Waals surface area contributed by atoms with Crippen LogP contribution in [0.25, 0.3) is 0 Å². The second-order valence-corrected chi connectivity index (χ2v) is 16.8. The summed E-state index contributed by atoms with van der Waals surface area (Å²) in [5.41, 5.74) is 36.1. The molecule has 12 nitrogen and oxygen atoms in total. The Hall–Kier alpha value is -11.2. The lowest BCUT2D eigenvalue weighted by molar-refractivity contribution is 1.12. The Labute approximate surface area is 428 Å². The monoisotopic (exact) mass is 956 g/mol. The lowest BCUT2D eigenvalue weighted by Crippen LogP contribution is -2.27. The van der Waals surface area contributed by atoms with E-state index in [2.05, 4.69) is 68.6 Å². The summed E-state index contributed by atoms with van der Waals surface area (Å²) in [6, 6.07) is 60.8. The summed E-state index contributed by atoms with van der Waals surface area (Å²) in [4.78, 5) is 19.9. The maximum atomic E-state index is 5.86. The third-order valence-corrected chi connectivity index (χ3v) is 11.2. The summed E-state index contributed by atoms with van der Waals surface area (Å²) in [6.07, 6.45) is 0. The summed E-state index contributed by atoms with van der Waals surface area (Å²) >= 11 is 0. The zero-order chi connectivity index (χ0) is 50.6. The fourth-order valence-corrected chi connectivity index (χ4v) is 7.17. The van der Waals surface area contributed by atoms with Crippen molar-refractivity contribution in [2.75, 3.05) is 44.2 Å². The van der Waals surface area contributed by atoms with Crippen molar-refractivity contribution in [1.82, 2.24) is 0 Å². The van der Waals surface area contributed by atoms with Crippen LogP contribution in [0.3, 0.4) is 0 Å². The minimum atomic E-state index is 0.282. The van der Waals surface area contributed by atoms with E-state index in [-0.39, 0.29) is 11.6 Å². The molecule has 0 atom stereocenters. The predicted molar refractivity (Wildman–Crippen MR) is 304 cm³/mol.